The molecule has 92 valence electrons. The van der Waals surface area contributed by atoms with E-state index in [1.54, 1.807) is 0 Å². The molecule has 0 aromatic carbocycles. The quantitative estimate of drug-likeness (QED) is 0.684. The van der Waals surface area contributed by atoms with Crippen molar-refractivity contribution in [3.63, 3.8) is 0 Å². The van der Waals surface area contributed by atoms with E-state index < -0.39 is 17.5 Å². The molecule has 5 nitrogen and oxygen atoms in total. The molecule has 0 radical (unpaired) electrons. The molecule has 1 aliphatic rings. The first-order chi connectivity index (χ1) is 7.29. The average molecular weight is 229 g/mol. The Hall–Kier alpha value is -1.10. The number of esters is 1. The van der Waals surface area contributed by atoms with Crippen LogP contribution in [0.15, 0.2) is 0 Å². The topological polar surface area (TPSA) is 75.6 Å². The minimum Gasteiger partial charge on any atom is -0.481 e. The highest BCUT2D eigenvalue weighted by Crippen LogP contribution is 2.17. The van der Waals surface area contributed by atoms with Crippen LogP contribution >= 0.6 is 0 Å². The van der Waals surface area contributed by atoms with Gasteiger partial charge in [0.05, 0.1) is 5.92 Å². The second-order valence-corrected chi connectivity index (χ2v) is 5.11. The van der Waals surface area contributed by atoms with Gasteiger partial charge in [-0.05, 0) is 33.6 Å². The van der Waals surface area contributed by atoms with Gasteiger partial charge < -0.3 is 15.2 Å². The molecule has 0 bridgehead atoms. The highest BCUT2D eigenvalue weighted by atomic mass is 16.6. The Morgan fingerprint density at radius 1 is 1.31 bits per heavy atom. The van der Waals surface area contributed by atoms with Gasteiger partial charge >= 0.3 is 11.9 Å². The van der Waals surface area contributed by atoms with Crippen molar-refractivity contribution in [1.82, 2.24) is 5.32 Å². The van der Waals surface area contributed by atoms with Crippen molar-refractivity contribution in [2.75, 3.05) is 6.54 Å². The average Bonchev–Trinajstić information content (AvgIpc) is 2.15. The van der Waals surface area contributed by atoms with Gasteiger partial charge in [0, 0.05) is 6.54 Å². The highest BCUT2D eigenvalue weighted by molar-refractivity contribution is 5.77. The van der Waals surface area contributed by atoms with Crippen molar-refractivity contribution in [3.8, 4) is 0 Å². The monoisotopic (exact) mass is 229 g/mol. The summed E-state index contributed by atoms with van der Waals surface area (Å²) < 4.78 is 5.22. The van der Waals surface area contributed by atoms with Crippen LogP contribution in [-0.2, 0) is 14.3 Å². The maximum absolute atomic E-state index is 11.7. The van der Waals surface area contributed by atoms with Gasteiger partial charge in [-0.1, -0.05) is 0 Å². The molecule has 0 amide bonds. The molecule has 0 spiro atoms. The normalized spacial score (nSPS) is 26.2. The number of hydrogen-bond donors (Lipinski definition) is 2. The second-order valence-electron chi connectivity index (χ2n) is 5.11. The predicted octanol–water partition coefficient (Wildman–Crippen LogP) is 0.781. The van der Waals surface area contributed by atoms with Crippen LogP contribution in [-0.4, -0.2) is 35.2 Å². The fraction of sp³-hybridized carbons (Fsp3) is 0.818. The minimum absolute atomic E-state index is 0.295. The van der Waals surface area contributed by atoms with Crippen molar-refractivity contribution in [1.29, 1.82) is 0 Å². The first-order valence-corrected chi connectivity index (χ1v) is 5.48. The summed E-state index contributed by atoms with van der Waals surface area (Å²) in [5.74, 6) is -1.50. The maximum atomic E-state index is 11.7. The first kappa shape index (κ1) is 13.0. The van der Waals surface area contributed by atoms with Gasteiger partial charge in [0.1, 0.15) is 11.6 Å². The molecule has 1 aliphatic heterocycles. The maximum Gasteiger partial charge on any atom is 0.323 e. The molecule has 0 saturated carbocycles. The summed E-state index contributed by atoms with van der Waals surface area (Å²) in [7, 11) is 0. The van der Waals surface area contributed by atoms with E-state index in [9.17, 15) is 9.59 Å². The van der Waals surface area contributed by atoms with Gasteiger partial charge in [-0.2, -0.15) is 0 Å². The van der Waals surface area contributed by atoms with Gasteiger partial charge in [-0.25, -0.2) is 0 Å². The number of nitrogens with one attached hydrogen (secondary N) is 1. The Labute approximate surface area is 95.2 Å². The fourth-order valence-corrected chi connectivity index (χ4v) is 1.64. The summed E-state index contributed by atoms with van der Waals surface area (Å²) >= 11 is 0. The van der Waals surface area contributed by atoms with E-state index in [1.807, 2.05) is 20.8 Å². The standard InChI is InChI=1S/C11H19NO4/c1-11(2,3)16-10(15)8-5-4-7(6-12-8)9(13)14/h7-8,12H,4-6H2,1-3H3,(H,13,14)/t7-,8-/m0/s1. The van der Waals surface area contributed by atoms with E-state index in [0.717, 1.165) is 0 Å². The Balaban J connectivity index is 2.42. The number of piperidine rings is 1. The van der Waals surface area contributed by atoms with E-state index in [1.165, 1.54) is 0 Å². The fourth-order valence-electron chi connectivity index (χ4n) is 1.64. The van der Waals surface area contributed by atoms with Gasteiger partial charge in [-0.15, -0.1) is 0 Å². The molecular weight excluding hydrogens is 210 g/mol. The zero-order valence-corrected chi connectivity index (χ0v) is 9.95. The van der Waals surface area contributed by atoms with E-state index in [4.69, 9.17) is 9.84 Å². The van der Waals surface area contributed by atoms with Crippen LogP contribution < -0.4 is 5.32 Å². The number of carboxylic acids is 1. The van der Waals surface area contributed by atoms with Gasteiger partial charge in [-0.3, -0.25) is 9.59 Å². The summed E-state index contributed by atoms with van der Waals surface area (Å²) in [6.07, 6.45) is 1.04. The van der Waals surface area contributed by atoms with Crippen LogP contribution in [0.5, 0.6) is 0 Å². The lowest BCUT2D eigenvalue weighted by molar-refractivity contribution is -0.159. The lowest BCUT2D eigenvalue weighted by Crippen LogP contribution is -2.48. The molecule has 2 atom stereocenters. The number of carboxylic acid groups (broad SMARTS) is 1. The molecule has 0 unspecified atom stereocenters. The van der Waals surface area contributed by atoms with Crippen molar-refractivity contribution < 1.29 is 19.4 Å². The molecular formula is C11H19NO4. The number of hydrogen-bond acceptors (Lipinski definition) is 4. The highest BCUT2D eigenvalue weighted by Gasteiger charge is 2.31. The van der Waals surface area contributed by atoms with Crippen LogP contribution in [0.3, 0.4) is 0 Å². The van der Waals surface area contributed by atoms with E-state index in [0.29, 0.717) is 19.4 Å². The van der Waals surface area contributed by atoms with E-state index in [2.05, 4.69) is 5.32 Å². The summed E-state index contributed by atoms with van der Waals surface area (Å²) in [4.78, 5) is 22.4. The first-order valence-electron chi connectivity index (χ1n) is 5.48. The predicted molar refractivity (Wildman–Crippen MR) is 58.0 cm³/mol. The molecule has 1 saturated heterocycles. The van der Waals surface area contributed by atoms with Crippen molar-refractivity contribution in [2.45, 2.75) is 45.3 Å². The largest absolute Gasteiger partial charge is 0.481 e. The summed E-state index contributed by atoms with van der Waals surface area (Å²) in [5.41, 5.74) is -0.498. The molecule has 5 heteroatoms. The second kappa shape index (κ2) is 4.82. The summed E-state index contributed by atoms with van der Waals surface area (Å²) in [6, 6.07) is -0.366. The van der Waals surface area contributed by atoms with Gasteiger partial charge in [0.2, 0.25) is 0 Å². The van der Waals surface area contributed by atoms with E-state index in [-0.39, 0.29) is 12.0 Å². The van der Waals surface area contributed by atoms with Crippen LogP contribution in [0.1, 0.15) is 33.6 Å². The third-order valence-corrected chi connectivity index (χ3v) is 2.45. The third-order valence-electron chi connectivity index (χ3n) is 2.45. The van der Waals surface area contributed by atoms with E-state index >= 15 is 0 Å². The molecule has 0 aromatic heterocycles. The number of ether oxygens (including phenoxy) is 1. The van der Waals surface area contributed by atoms with Crippen LogP contribution in [0.25, 0.3) is 0 Å². The summed E-state index contributed by atoms with van der Waals surface area (Å²) in [6.45, 7) is 5.77. The molecule has 1 rings (SSSR count). The number of carbonyl (C=O) groups excluding carboxylic acids is 1. The Morgan fingerprint density at radius 3 is 2.31 bits per heavy atom. The molecule has 0 aromatic rings. The van der Waals surface area contributed by atoms with Gasteiger partial charge in [0.25, 0.3) is 0 Å². The molecule has 1 heterocycles. The van der Waals surface area contributed by atoms with Crippen LogP contribution in [0.2, 0.25) is 0 Å². The zero-order chi connectivity index (χ0) is 12.3. The third kappa shape index (κ3) is 3.81. The SMILES string of the molecule is CC(C)(C)OC(=O)[C@@H]1CC[C@H](C(=O)O)CN1. The number of carbonyl (C=O) groups is 2. The summed E-state index contributed by atoms with van der Waals surface area (Å²) in [5, 5.41) is 11.7. The van der Waals surface area contributed by atoms with Crippen LogP contribution in [0.4, 0.5) is 0 Å². The zero-order valence-electron chi connectivity index (χ0n) is 9.95. The van der Waals surface area contributed by atoms with Gasteiger partial charge in [0.15, 0.2) is 0 Å². The lowest BCUT2D eigenvalue weighted by Gasteiger charge is -2.29. The van der Waals surface area contributed by atoms with Crippen molar-refractivity contribution in [2.24, 2.45) is 5.92 Å². The lowest BCUT2D eigenvalue weighted by atomic mass is 9.95. The smallest absolute Gasteiger partial charge is 0.323 e. The Kier molecular flexibility index (Phi) is 3.91. The Morgan fingerprint density at radius 2 is 1.94 bits per heavy atom. The van der Waals surface area contributed by atoms with Crippen molar-refractivity contribution in [3.05, 3.63) is 0 Å². The molecule has 1 fully saturated rings. The number of rotatable bonds is 2. The van der Waals surface area contributed by atoms with Crippen molar-refractivity contribution >= 4 is 11.9 Å². The minimum atomic E-state index is -0.810. The van der Waals surface area contributed by atoms with Crippen LogP contribution in [0, 0.1) is 5.92 Å². The molecule has 0 aliphatic carbocycles. The molecule has 2 N–H and O–H groups in total. The Bertz CT molecular complexity index is 274. The number of aliphatic carboxylic acids is 1. The molecule has 16 heavy (non-hydrogen) atoms.